The van der Waals surface area contributed by atoms with Crippen LogP contribution in [-0.4, -0.2) is 34.4 Å². The predicted molar refractivity (Wildman–Crippen MR) is 98.8 cm³/mol. The summed E-state index contributed by atoms with van der Waals surface area (Å²) in [5, 5.41) is 4.39. The zero-order valence-electron chi connectivity index (χ0n) is 13.9. The van der Waals surface area contributed by atoms with Gasteiger partial charge in [-0.3, -0.25) is 4.79 Å². The van der Waals surface area contributed by atoms with Crippen molar-refractivity contribution >= 4 is 47.1 Å². The molecule has 0 aliphatic rings. The Morgan fingerprint density at radius 3 is 2.42 bits per heavy atom. The van der Waals surface area contributed by atoms with Crippen molar-refractivity contribution in [3.63, 3.8) is 0 Å². The van der Waals surface area contributed by atoms with Gasteiger partial charge in [0.25, 0.3) is 0 Å². The molecule has 1 aromatic heterocycles. The number of carbonyl (C=O) groups excluding carboxylic acids is 2. The number of thioether (sulfide) groups is 1. The van der Waals surface area contributed by atoms with Crippen LogP contribution in [0.1, 0.15) is 31.1 Å². The number of carbonyl (C=O) groups is 2. The lowest BCUT2D eigenvalue weighted by molar-refractivity contribution is -0.129. The van der Waals surface area contributed by atoms with E-state index in [2.05, 4.69) is 5.10 Å². The molecule has 0 saturated heterocycles. The van der Waals surface area contributed by atoms with E-state index in [1.807, 2.05) is 6.26 Å². The van der Waals surface area contributed by atoms with Gasteiger partial charge < -0.3 is 4.74 Å². The van der Waals surface area contributed by atoms with E-state index in [0.717, 1.165) is 10.0 Å². The van der Waals surface area contributed by atoms with Gasteiger partial charge in [0.1, 0.15) is 0 Å². The van der Waals surface area contributed by atoms with Crippen molar-refractivity contribution < 1.29 is 14.3 Å². The second kappa shape index (κ2) is 7.58. The lowest BCUT2D eigenvalue weighted by atomic mass is 9.91. The first kappa shape index (κ1) is 18.8. The van der Waals surface area contributed by atoms with Crippen LogP contribution in [0.4, 0.5) is 0 Å². The smallest absolute Gasteiger partial charge is 0.338 e. The summed E-state index contributed by atoms with van der Waals surface area (Å²) in [5.74, 6) is -0.642. The zero-order chi connectivity index (χ0) is 17.9. The highest BCUT2D eigenvalue weighted by molar-refractivity contribution is 8.00. The number of hydrogen-bond acceptors (Lipinski definition) is 7. The summed E-state index contributed by atoms with van der Waals surface area (Å²) in [6.45, 7) is 5.15. The Kier molecular flexibility index (Phi) is 5.95. The van der Waals surface area contributed by atoms with E-state index in [9.17, 15) is 9.59 Å². The van der Waals surface area contributed by atoms with Crippen LogP contribution in [0.5, 0.6) is 0 Å². The Balaban J connectivity index is 2.09. The molecule has 0 unspecified atom stereocenters. The molecule has 0 saturated carbocycles. The molecule has 0 aliphatic heterocycles. The van der Waals surface area contributed by atoms with Crippen LogP contribution in [0.15, 0.2) is 28.6 Å². The van der Waals surface area contributed by atoms with Crippen molar-refractivity contribution in [3.05, 3.63) is 33.8 Å². The molecule has 1 aromatic carbocycles. The third kappa shape index (κ3) is 4.52. The molecule has 0 N–H and O–H groups in total. The van der Waals surface area contributed by atoms with Gasteiger partial charge in [-0.15, -0.1) is 5.10 Å². The monoisotopic (exact) mass is 382 g/mol. The van der Waals surface area contributed by atoms with Crippen molar-refractivity contribution in [2.75, 3.05) is 12.9 Å². The average molecular weight is 383 g/mol. The molecule has 5 nitrogen and oxygen atoms in total. The van der Waals surface area contributed by atoms with Crippen LogP contribution in [0.3, 0.4) is 0 Å². The minimum Gasteiger partial charge on any atom is -0.454 e. The summed E-state index contributed by atoms with van der Waals surface area (Å²) in [7, 11) is 0. The summed E-state index contributed by atoms with van der Waals surface area (Å²) in [6.07, 6.45) is 1.94. The first-order valence-corrected chi connectivity index (χ1v) is 9.62. The van der Waals surface area contributed by atoms with Gasteiger partial charge in [-0.05, 0) is 42.7 Å². The largest absolute Gasteiger partial charge is 0.454 e. The predicted octanol–water partition coefficient (Wildman–Crippen LogP) is 4.16. The standard InChI is InChI=1S/C16H18N2O3S3/c1-16(2,3)12(19)9-21-13(20)10-5-7-11(8-6-10)18-15(22)24-14(17-18)23-4/h5-8H,9H2,1-4H3. The fraction of sp³-hybridized carbons (Fsp3) is 0.375. The van der Waals surface area contributed by atoms with E-state index in [0.29, 0.717) is 9.52 Å². The Labute approximate surface area is 154 Å². The van der Waals surface area contributed by atoms with Gasteiger partial charge in [-0.25, -0.2) is 9.48 Å². The number of benzene rings is 1. The Bertz CT molecular complexity index is 801. The van der Waals surface area contributed by atoms with E-state index in [-0.39, 0.29) is 12.4 Å². The normalized spacial score (nSPS) is 11.3. The first-order chi connectivity index (χ1) is 11.2. The van der Waals surface area contributed by atoms with Crippen molar-refractivity contribution in [1.82, 2.24) is 9.78 Å². The van der Waals surface area contributed by atoms with Crippen LogP contribution in [0.25, 0.3) is 5.69 Å². The van der Waals surface area contributed by atoms with E-state index in [4.69, 9.17) is 17.0 Å². The molecule has 24 heavy (non-hydrogen) atoms. The fourth-order valence-corrected chi connectivity index (χ4v) is 3.46. The first-order valence-electron chi connectivity index (χ1n) is 7.17. The third-order valence-electron chi connectivity index (χ3n) is 3.22. The molecule has 1 heterocycles. The minimum atomic E-state index is -0.528. The molecular weight excluding hydrogens is 364 g/mol. The molecule has 0 aliphatic carbocycles. The number of ketones is 1. The molecule has 2 rings (SSSR count). The maximum Gasteiger partial charge on any atom is 0.338 e. The molecule has 128 valence electrons. The van der Waals surface area contributed by atoms with Crippen LogP contribution in [0, 0.1) is 9.37 Å². The second-order valence-electron chi connectivity index (χ2n) is 6.05. The second-order valence-corrected chi connectivity index (χ2v) is 8.72. The quantitative estimate of drug-likeness (QED) is 0.440. The van der Waals surface area contributed by atoms with Gasteiger partial charge >= 0.3 is 5.97 Å². The van der Waals surface area contributed by atoms with Gasteiger partial charge in [-0.1, -0.05) is 43.9 Å². The number of esters is 1. The van der Waals surface area contributed by atoms with Crippen molar-refractivity contribution in [1.29, 1.82) is 0 Å². The number of ether oxygens (including phenoxy) is 1. The van der Waals surface area contributed by atoms with Gasteiger partial charge in [-0.2, -0.15) is 0 Å². The van der Waals surface area contributed by atoms with Crippen molar-refractivity contribution in [3.8, 4) is 5.69 Å². The maximum absolute atomic E-state index is 12.0. The average Bonchev–Trinajstić information content (AvgIpc) is 2.92. The number of hydrogen-bond donors (Lipinski definition) is 0. The SMILES string of the molecule is CSc1nn(-c2ccc(C(=O)OCC(=O)C(C)(C)C)cc2)c(=S)s1. The number of aromatic nitrogens is 2. The molecule has 0 fully saturated rings. The Morgan fingerprint density at radius 2 is 1.92 bits per heavy atom. The van der Waals surface area contributed by atoms with E-state index in [1.54, 1.807) is 49.7 Å². The molecule has 8 heteroatoms. The zero-order valence-corrected chi connectivity index (χ0v) is 16.3. The summed E-state index contributed by atoms with van der Waals surface area (Å²) >= 11 is 8.25. The van der Waals surface area contributed by atoms with Crippen molar-refractivity contribution in [2.45, 2.75) is 25.1 Å². The highest BCUT2D eigenvalue weighted by Crippen LogP contribution is 2.22. The molecular formula is C16H18N2O3S3. The van der Waals surface area contributed by atoms with Crippen LogP contribution in [0.2, 0.25) is 0 Å². The maximum atomic E-state index is 12.0. The van der Waals surface area contributed by atoms with Gasteiger partial charge in [0.15, 0.2) is 20.7 Å². The number of Topliss-reactive ketones (excluding diaryl/α,β-unsaturated/α-hetero) is 1. The summed E-state index contributed by atoms with van der Waals surface area (Å²) in [5.41, 5.74) is 0.631. The summed E-state index contributed by atoms with van der Waals surface area (Å²) in [6, 6.07) is 6.78. The molecule has 0 atom stereocenters. The highest BCUT2D eigenvalue weighted by Gasteiger charge is 2.22. The topological polar surface area (TPSA) is 61.2 Å². The lowest BCUT2D eigenvalue weighted by Gasteiger charge is -2.16. The van der Waals surface area contributed by atoms with Gasteiger partial charge in [0.2, 0.25) is 0 Å². The lowest BCUT2D eigenvalue weighted by Crippen LogP contribution is -2.26. The minimum absolute atomic E-state index is 0.120. The summed E-state index contributed by atoms with van der Waals surface area (Å²) < 4.78 is 8.25. The Morgan fingerprint density at radius 1 is 1.29 bits per heavy atom. The van der Waals surface area contributed by atoms with Crippen LogP contribution >= 0.6 is 35.3 Å². The van der Waals surface area contributed by atoms with Gasteiger partial charge in [0.05, 0.1) is 11.3 Å². The third-order valence-corrected chi connectivity index (χ3v) is 5.43. The Hall–Kier alpha value is -1.51. The number of rotatable bonds is 5. The van der Waals surface area contributed by atoms with Gasteiger partial charge in [0, 0.05) is 5.41 Å². The molecule has 0 bridgehead atoms. The molecule has 0 radical (unpaired) electrons. The molecule has 0 spiro atoms. The van der Waals surface area contributed by atoms with Crippen LogP contribution < -0.4 is 0 Å². The highest BCUT2D eigenvalue weighted by atomic mass is 32.2. The van der Waals surface area contributed by atoms with Crippen LogP contribution in [-0.2, 0) is 9.53 Å². The van der Waals surface area contributed by atoms with E-state index >= 15 is 0 Å². The molecule has 2 aromatic rings. The van der Waals surface area contributed by atoms with E-state index < -0.39 is 11.4 Å². The fourth-order valence-electron chi connectivity index (χ4n) is 1.68. The summed E-state index contributed by atoms with van der Waals surface area (Å²) in [4.78, 5) is 23.8. The number of nitrogens with zero attached hydrogens (tertiary/aromatic N) is 2. The van der Waals surface area contributed by atoms with Crippen molar-refractivity contribution in [2.24, 2.45) is 5.41 Å². The molecule has 0 amide bonds. The van der Waals surface area contributed by atoms with E-state index in [1.165, 1.54) is 23.1 Å².